The van der Waals surface area contributed by atoms with Crippen LogP contribution in [0.15, 0.2) is 42.6 Å². The summed E-state index contributed by atoms with van der Waals surface area (Å²) >= 11 is 0. The number of benzene rings is 1. The van der Waals surface area contributed by atoms with Gasteiger partial charge in [-0.25, -0.2) is 9.37 Å². The summed E-state index contributed by atoms with van der Waals surface area (Å²) in [4.78, 5) is 16.0. The lowest BCUT2D eigenvalue weighted by molar-refractivity contribution is 0.102. The van der Waals surface area contributed by atoms with Crippen LogP contribution in [0, 0.1) is 5.82 Å². The maximum atomic E-state index is 13.0. The number of halogens is 1. The first-order valence-electron chi connectivity index (χ1n) is 6.34. The number of nitrogens with one attached hydrogen (secondary N) is 1. The van der Waals surface area contributed by atoms with Crippen molar-refractivity contribution in [2.75, 3.05) is 25.6 Å². The van der Waals surface area contributed by atoms with E-state index in [0.29, 0.717) is 24.8 Å². The molecule has 0 aliphatic rings. The van der Waals surface area contributed by atoms with Gasteiger partial charge in [0, 0.05) is 18.7 Å². The van der Waals surface area contributed by atoms with Gasteiger partial charge in [0.1, 0.15) is 12.4 Å². The van der Waals surface area contributed by atoms with Gasteiger partial charge in [-0.2, -0.15) is 0 Å². The van der Waals surface area contributed by atoms with E-state index >= 15 is 0 Å². The highest BCUT2D eigenvalue weighted by Crippen LogP contribution is 2.13. The quantitative estimate of drug-likeness (QED) is 0.830. The lowest BCUT2D eigenvalue weighted by Crippen LogP contribution is -2.12. The molecule has 0 unspecified atom stereocenters. The third-order valence-corrected chi connectivity index (χ3v) is 2.62. The molecule has 21 heavy (non-hydrogen) atoms. The van der Waals surface area contributed by atoms with Crippen LogP contribution in [0.2, 0.25) is 0 Å². The lowest BCUT2D eigenvalue weighted by atomic mass is 10.2. The highest BCUT2D eigenvalue weighted by Gasteiger charge is 2.07. The van der Waals surface area contributed by atoms with Crippen molar-refractivity contribution >= 4 is 11.6 Å². The average molecular weight is 290 g/mol. The lowest BCUT2D eigenvalue weighted by Gasteiger charge is -2.07. The maximum Gasteiger partial charge on any atom is 0.255 e. The molecule has 2 rings (SSSR count). The minimum absolute atomic E-state index is 0.246. The van der Waals surface area contributed by atoms with E-state index in [0.717, 1.165) is 0 Å². The van der Waals surface area contributed by atoms with Gasteiger partial charge in [0.2, 0.25) is 5.88 Å². The van der Waals surface area contributed by atoms with Gasteiger partial charge in [0.15, 0.2) is 0 Å². The number of ether oxygens (including phenoxy) is 2. The van der Waals surface area contributed by atoms with Gasteiger partial charge in [-0.3, -0.25) is 4.79 Å². The third-order valence-electron chi connectivity index (χ3n) is 2.62. The minimum atomic E-state index is -0.456. The summed E-state index contributed by atoms with van der Waals surface area (Å²) in [6.07, 6.45) is 1.47. The first kappa shape index (κ1) is 14.9. The highest BCUT2D eigenvalue weighted by molar-refractivity contribution is 6.04. The van der Waals surface area contributed by atoms with Crippen molar-refractivity contribution in [1.29, 1.82) is 0 Å². The number of anilines is 1. The topological polar surface area (TPSA) is 60.5 Å². The number of pyridine rings is 1. The Morgan fingerprint density at radius 3 is 2.81 bits per heavy atom. The molecule has 0 bridgehead atoms. The van der Waals surface area contributed by atoms with Gasteiger partial charge < -0.3 is 14.8 Å². The van der Waals surface area contributed by atoms with Crippen LogP contribution in [-0.4, -0.2) is 31.2 Å². The predicted octanol–water partition coefficient (Wildman–Crippen LogP) is 2.50. The van der Waals surface area contributed by atoms with E-state index in [2.05, 4.69) is 10.3 Å². The average Bonchev–Trinajstić information content (AvgIpc) is 2.49. The molecule has 1 N–H and O–H groups in total. The zero-order chi connectivity index (χ0) is 15.1. The molecule has 5 nitrogen and oxygen atoms in total. The molecule has 0 atom stereocenters. The minimum Gasteiger partial charge on any atom is -0.475 e. The SMILES string of the molecule is COCCOc1ccc(NC(=O)c2cccc(F)c2)cn1. The summed E-state index contributed by atoms with van der Waals surface area (Å²) in [7, 11) is 1.59. The van der Waals surface area contributed by atoms with Crippen LogP contribution >= 0.6 is 0 Å². The molecule has 0 saturated heterocycles. The molecule has 0 spiro atoms. The number of rotatable bonds is 6. The van der Waals surface area contributed by atoms with E-state index < -0.39 is 11.7 Å². The van der Waals surface area contributed by atoms with E-state index in [1.165, 1.54) is 30.5 Å². The predicted molar refractivity (Wildman–Crippen MR) is 76.0 cm³/mol. The zero-order valence-corrected chi connectivity index (χ0v) is 11.5. The Morgan fingerprint density at radius 1 is 1.29 bits per heavy atom. The van der Waals surface area contributed by atoms with E-state index in [4.69, 9.17) is 9.47 Å². The molecule has 1 heterocycles. The number of methoxy groups -OCH3 is 1. The Kier molecular flexibility index (Phi) is 5.22. The monoisotopic (exact) mass is 290 g/mol. The standard InChI is InChI=1S/C15H15FN2O3/c1-20-7-8-21-14-6-5-13(10-17-14)18-15(19)11-3-2-4-12(16)9-11/h2-6,9-10H,7-8H2,1H3,(H,18,19). The molecular weight excluding hydrogens is 275 g/mol. The number of hydrogen-bond acceptors (Lipinski definition) is 4. The summed E-state index contributed by atoms with van der Waals surface area (Å²) in [6, 6.07) is 8.77. The van der Waals surface area contributed by atoms with Gasteiger partial charge in [-0.15, -0.1) is 0 Å². The summed E-state index contributed by atoms with van der Waals surface area (Å²) in [5.74, 6) is -0.414. The molecule has 0 saturated carbocycles. The summed E-state index contributed by atoms with van der Waals surface area (Å²) in [6.45, 7) is 0.873. The Labute approximate surface area is 121 Å². The molecule has 110 valence electrons. The zero-order valence-electron chi connectivity index (χ0n) is 11.5. The third kappa shape index (κ3) is 4.54. The second-order valence-corrected chi connectivity index (χ2v) is 4.19. The summed E-state index contributed by atoms with van der Waals surface area (Å²) < 4.78 is 23.2. The van der Waals surface area contributed by atoms with Crippen LogP contribution in [0.25, 0.3) is 0 Å². The van der Waals surface area contributed by atoms with Gasteiger partial charge in [-0.1, -0.05) is 6.07 Å². The summed E-state index contributed by atoms with van der Waals surface area (Å²) in [5, 5.41) is 2.63. The Morgan fingerprint density at radius 2 is 2.14 bits per heavy atom. The Balaban J connectivity index is 1.95. The van der Waals surface area contributed by atoms with Crippen LogP contribution in [0.4, 0.5) is 10.1 Å². The number of aromatic nitrogens is 1. The number of carbonyl (C=O) groups excluding carboxylic acids is 1. The van der Waals surface area contributed by atoms with Crippen molar-refractivity contribution in [3.8, 4) is 5.88 Å². The van der Waals surface area contributed by atoms with Gasteiger partial charge in [0.05, 0.1) is 18.5 Å². The van der Waals surface area contributed by atoms with Crippen LogP contribution in [-0.2, 0) is 4.74 Å². The van der Waals surface area contributed by atoms with Crippen LogP contribution in [0.1, 0.15) is 10.4 Å². The number of amides is 1. The van der Waals surface area contributed by atoms with Gasteiger partial charge >= 0.3 is 0 Å². The van der Waals surface area contributed by atoms with Crippen LogP contribution < -0.4 is 10.1 Å². The second-order valence-electron chi connectivity index (χ2n) is 4.19. The second kappa shape index (κ2) is 7.35. The number of hydrogen-bond donors (Lipinski definition) is 1. The number of nitrogens with zero attached hydrogens (tertiary/aromatic N) is 1. The fourth-order valence-electron chi connectivity index (χ4n) is 1.60. The Bertz CT molecular complexity index is 602. The molecule has 1 aromatic carbocycles. The number of carbonyl (C=O) groups is 1. The van der Waals surface area contributed by atoms with E-state index in [1.54, 1.807) is 19.2 Å². The summed E-state index contributed by atoms with van der Waals surface area (Å²) in [5.41, 5.74) is 0.749. The first-order chi connectivity index (χ1) is 10.2. The van der Waals surface area contributed by atoms with Crippen molar-refractivity contribution in [2.45, 2.75) is 0 Å². The molecule has 0 fully saturated rings. The van der Waals surface area contributed by atoms with Crippen LogP contribution in [0.3, 0.4) is 0 Å². The van der Waals surface area contributed by atoms with Crippen molar-refractivity contribution < 1.29 is 18.7 Å². The fraction of sp³-hybridized carbons (Fsp3) is 0.200. The van der Waals surface area contributed by atoms with Gasteiger partial charge in [-0.05, 0) is 24.3 Å². The van der Waals surface area contributed by atoms with E-state index in [-0.39, 0.29) is 5.56 Å². The molecule has 2 aromatic rings. The first-order valence-corrected chi connectivity index (χ1v) is 6.34. The molecular formula is C15H15FN2O3. The highest BCUT2D eigenvalue weighted by atomic mass is 19.1. The Hall–Kier alpha value is -2.47. The van der Waals surface area contributed by atoms with E-state index in [9.17, 15) is 9.18 Å². The molecule has 1 amide bonds. The molecule has 0 radical (unpaired) electrons. The van der Waals surface area contributed by atoms with Crippen molar-refractivity contribution in [3.63, 3.8) is 0 Å². The van der Waals surface area contributed by atoms with Crippen molar-refractivity contribution in [2.24, 2.45) is 0 Å². The largest absolute Gasteiger partial charge is 0.475 e. The van der Waals surface area contributed by atoms with Crippen molar-refractivity contribution in [3.05, 3.63) is 54.0 Å². The molecule has 0 aliphatic carbocycles. The molecule has 0 aliphatic heterocycles. The fourth-order valence-corrected chi connectivity index (χ4v) is 1.60. The van der Waals surface area contributed by atoms with E-state index in [1.807, 2.05) is 0 Å². The van der Waals surface area contributed by atoms with Crippen LogP contribution in [0.5, 0.6) is 5.88 Å². The molecule has 1 aromatic heterocycles. The normalized spacial score (nSPS) is 10.2. The van der Waals surface area contributed by atoms with Gasteiger partial charge in [0.25, 0.3) is 5.91 Å². The molecule has 6 heteroatoms. The maximum absolute atomic E-state index is 13.0. The van der Waals surface area contributed by atoms with Crippen molar-refractivity contribution in [1.82, 2.24) is 4.98 Å². The smallest absolute Gasteiger partial charge is 0.255 e.